The van der Waals surface area contributed by atoms with Crippen LogP contribution in [0.3, 0.4) is 0 Å². The van der Waals surface area contributed by atoms with E-state index in [1.165, 1.54) is 37.3 Å². The Hall–Kier alpha value is -2.01. The largest absolute Gasteiger partial charge is 0.573 e. The molecule has 2 aromatic rings. The van der Waals surface area contributed by atoms with E-state index in [1.807, 2.05) is 0 Å². The topological polar surface area (TPSA) is 26.3 Å². The SMILES string of the molecule is CC(=O)c1cc(Cl)cc(-c2ccc(OC(F)(F)F)cc2)c1. The maximum Gasteiger partial charge on any atom is 0.573 e. The second-order valence-corrected chi connectivity index (χ2v) is 4.79. The third-order valence-electron chi connectivity index (χ3n) is 2.73. The van der Waals surface area contributed by atoms with Gasteiger partial charge in [-0.2, -0.15) is 0 Å². The number of ketones is 1. The highest BCUT2D eigenvalue weighted by molar-refractivity contribution is 6.31. The Kier molecular flexibility index (Phi) is 4.23. The van der Waals surface area contributed by atoms with Gasteiger partial charge >= 0.3 is 6.36 Å². The first-order chi connectivity index (χ1) is 9.74. The Bertz CT molecular complexity index is 664. The van der Waals surface area contributed by atoms with Crippen molar-refractivity contribution in [1.29, 1.82) is 0 Å². The van der Waals surface area contributed by atoms with E-state index in [4.69, 9.17) is 11.6 Å². The molecule has 0 atom stereocenters. The molecule has 0 bridgehead atoms. The zero-order valence-corrected chi connectivity index (χ0v) is 11.6. The highest BCUT2D eigenvalue weighted by Gasteiger charge is 2.30. The fourth-order valence-electron chi connectivity index (χ4n) is 1.81. The van der Waals surface area contributed by atoms with Crippen LogP contribution in [0.15, 0.2) is 42.5 Å². The van der Waals surface area contributed by atoms with E-state index in [0.29, 0.717) is 21.7 Å². The monoisotopic (exact) mass is 314 g/mol. The summed E-state index contributed by atoms with van der Waals surface area (Å²) in [6, 6.07) is 10.2. The summed E-state index contributed by atoms with van der Waals surface area (Å²) in [4.78, 5) is 11.4. The summed E-state index contributed by atoms with van der Waals surface area (Å²) in [5.41, 5.74) is 1.72. The number of alkyl halides is 3. The molecule has 0 saturated heterocycles. The summed E-state index contributed by atoms with van der Waals surface area (Å²) >= 11 is 5.94. The summed E-state index contributed by atoms with van der Waals surface area (Å²) in [6.07, 6.45) is -4.72. The lowest BCUT2D eigenvalue weighted by Crippen LogP contribution is -2.16. The van der Waals surface area contributed by atoms with Crippen molar-refractivity contribution in [3.63, 3.8) is 0 Å². The van der Waals surface area contributed by atoms with Crippen LogP contribution in [0, 0.1) is 0 Å². The number of carbonyl (C=O) groups is 1. The molecule has 2 nitrogen and oxygen atoms in total. The number of Topliss-reactive ketones (excluding diaryl/α,β-unsaturated/α-hetero) is 1. The number of benzene rings is 2. The van der Waals surface area contributed by atoms with Gasteiger partial charge in [-0.05, 0) is 48.4 Å². The van der Waals surface area contributed by atoms with Gasteiger partial charge in [-0.3, -0.25) is 4.79 Å². The van der Waals surface area contributed by atoms with E-state index in [9.17, 15) is 18.0 Å². The Morgan fingerprint density at radius 1 is 1.05 bits per heavy atom. The molecular formula is C15H10ClF3O2. The molecule has 0 radical (unpaired) electrons. The van der Waals surface area contributed by atoms with Gasteiger partial charge in [0.1, 0.15) is 5.75 Å². The van der Waals surface area contributed by atoms with E-state index < -0.39 is 6.36 Å². The molecule has 0 heterocycles. The van der Waals surface area contributed by atoms with Gasteiger partial charge < -0.3 is 4.74 Å². The van der Waals surface area contributed by atoms with Crippen molar-refractivity contribution in [1.82, 2.24) is 0 Å². The molecule has 0 aliphatic carbocycles. The number of carbonyl (C=O) groups excluding carboxylic acids is 1. The Morgan fingerprint density at radius 3 is 2.19 bits per heavy atom. The van der Waals surface area contributed by atoms with Gasteiger partial charge in [-0.1, -0.05) is 23.7 Å². The summed E-state index contributed by atoms with van der Waals surface area (Å²) < 4.78 is 40.0. The van der Waals surface area contributed by atoms with Gasteiger partial charge in [-0.15, -0.1) is 13.2 Å². The third-order valence-corrected chi connectivity index (χ3v) is 2.94. The molecule has 2 aromatic carbocycles. The quantitative estimate of drug-likeness (QED) is 0.736. The average molecular weight is 315 g/mol. The summed E-state index contributed by atoms with van der Waals surface area (Å²) in [5.74, 6) is -0.448. The van der Waals surface area contributed by atoms with E-state index in [2.05, 4.69) is 4.74 Å². The molecule has 0 aromatic heterocycles. The van der Waals surface area contributed by atoms with Crippen molar-refractivity contribution >= 4 is 17.4 Å². The fourth-order valence-corrected chi connectivity index (χ4v) is 2.04. The lowest BCUT2D eigenvalue weighted by Gasteiger charge is -2.10. The number of ether oxygens (including phenoxy) is 1. The van der Waals surface area contributed by atoms with Gasteiger partial charge in [0.05, 0.1) is 0 Å². The van der Waals surface area contributed by atoms with E-state index in [1.54, 1.807) is 12.1 Å². The average Bonchev–Trinajstić information content (AvgIpc) is 2.37. The zero-order valence-electron chi connectivity index (χ0n) is 10.9. The second-order valence-electron chi connectivity index (χ2n) is 4.36. The smallest absolute Gasteiger partial charge is 0.406 e. The molecule has 0 fully saturated rings. The Morgan fingerprint density at radius 2 is 1.67 bits per heavy atom. The second kappa shape index (κ2) is 5.77. The van der Waals surface area contributed by atoms with Crippen LogP contribution in [-0.2, 0) is 0 Å². The van der Waals surface area contributed by atoms with Crippen LogP contribution in [-0.4, -0.2) is 12.1 Å². The molecular weight excluding hydrogens is 305 g/mol. The van der Waals surface area contributed by atoms with Crippen LogP contribution in [0.2, 0.25) is 5.02 Å². The molecule has 2 rings (SSSR count). The third kappa shape index (κ3) is 4.23. The lowest BCUT2D eigenvalue weighted by molar-refractivity contribution is -0.274. The van der Waals surface area contributed by atoms with Gasteiger partial charge in [0, 0.05) is 10.6 Å². The maximum atomic E-state index is 12.1. The molecule has 6 heteroatoms. The molecule has 21 heavy (non-hydrogen) atoms. The minimum absolute atomic E-state index is 0.143. The van der Waals surface area contributed by atoms with Crippen molar-refractivity contribution in [3.8, 4) is 16.9 Å². The molecule has 110 valence electrons. The lowest BCUT2D eigenvalue weighted by atomic mass is 10.0. The molecule has 0 saturated carbocycles. The van der Waals surface area contributed by atoms with Crippen LogP contribution in [0.25, 0.3) is 11.1 Å². The molecule has 0 unspecified atom stereocenters. The number of hydrogen-bond donors (Lipinski definition) is 0. The predicted molar refractivity (Wildman–Crippen MR) is 73.6 cm³/mol. The van der Waals surface area contributed by atoms with E-state index in [0.717, 1.165) is 0 Å². The first-order valence-corrected chi connectivity index (χ1v) is 6.30. The van der Waals surface area contributed by atoms with Crippen molar-refractivity contribution in [2.75, 3.05) is 0 Å². The first-order valence-electron chi connectivity index (χ1n) is 5.92. The van der Waals surface area contributed by atoms with Gasteiger partial charge in [0.25, 0.3) is 0 Å². The molecule has 0 aliphatic rings. The predicted octanol–water partition coefficient (Wildman–Crippen LogP) is 5.11. The molecule has 0 spiro atoms. The van der Waals surface area contributed by atoms with Gasteiger partial charge in [-0.25, -0.2) is 0 Å². The number of halogens is 4. The fraction of sp³-hybridized carbons (Fsp3) is 0.133. The van der Waals surface area contributed by atoms with Crippen LogP contribution in [0.1, 0.15) is 17.3 Å². The Balaban J connectivity index is 2.32. The zero-order chi connectivity index (χ0) is 15.6. The van der Waals surface area contributed by atoms with Gasteiger partial charge in [0.2, 0.25) is 0 Å². The van der Waals surface area contributed by atoms with Crippen molar-refractivity contribution in [3.05, 3.63) is 53.1 Å². The summed E-state index contributed by atoms with van der Waals surface area (Å²) in [6.45, 7) is 1.41. The number of rotatable bonds is 3. The summed E-state index contributed by atoms with van der Waals surface area (Å²) in [7, 11) is 0. The molecule has 0 aliphatic heterocycles. The van der Waals surface area contributed by atoms with Crippen LogP contribution >= 0.6 is 11.6 Å². The first kappa shape index (κ1) is 15.4. The van der Waals surface area contributed by atoms with E-state index in [-0.39, 0.29) is 11.5 Å². The highest BCUT2D eigenvalue weighted by Crippen LogP contribution is 2.28. The highest BCUT2D eigenvalue weighted by atomic mass is 35.5. The van der Waals surface area contributed by atoms with E-state index >= 15 is 0 Å². The van der Waals surface area contributed by atoms with Gasteiger partial charge in [0.15, 0.2) is 5.78 Å². The van der Waals surface area contributed by atoms with Crippen molar-refractivity contribution in [2.45, 2.75) is 13.3 Å². The summed E-state index contributed by atoms with van der Waals surface area (Å²) in [5, 5.41) is 0.383. The van der Waals surface area contributed by atoms with Crippen molar-refractivity contribution < 1.29 is 22.7 Å². The molecule has 0 N–H and O–H groups in total. The standard InChI is InChI=1S/C15H10ClF3O2/c1-9(20)11-6-12(8-13(16)7-11)10-2-4-14(5-3-10)21-15(17,18)19/h2-8H,1H3. The van der Waals surface area contributed by atoms with Crippen LogP contribution < -0.4 is 4.74 Å². The number of hydrogen-bond acceptors (Lipinski definition) is 2. The van der Waals surface area contributed by atoms with Crippen LogP contribution in [0.4, 0.5) is 13.2 Å². The minimum atomic E-state index is -4.72. The minimum Gasteiger partial charge on any atom is -0.406 e. The molecule has 0 amide bonds. The maximum absolute atomic E-state index is 12.1. The normalized spacial score (nSPS) is 11.3. The van der Waals surface area contributed by atoms with Crippen molar-refractivity contribution in [2.24, 2.45) is 0 Å². The van der Waals surface area contributed by atoms with Crippen LogP contribution in [0.5, 0.6) is 5.75 Å². The Labute approximate surface area is 124 Å².